The fourth-order valence-corrected chi connectivity index (χ4v) is 0.857. The number of hydrogen-bond donors (Lipinski definition) is 1. The van der Waals surface area contributed by atoms with E-state index in [-0.39, 0.29) is 17.7 Å². The van der Waals surface area contributed by atoms with Crippen molar-refractivity contribution in [3.05, 3.63) is 17.3 Å². The van der Waals surface area contributed by atoms with Crippen LogP contribution in [0.15, 0.2) is 12.1 Å². The third-order valence-corrected chi connectivity index (χ3v) is 1.54. The van der Waals surface area contributed by atoms with E-state index in [1.54, 1.807) is 12.1 Å². The van der Waals surface area contributed by atoms with Crippen LogP contribution in [0.3, 0.4) is 0 Å². The summed E-state index contributed by atoms with van der Waals surface area (Å²) < 4.78 is 4.90. The van der Waals surface area contributed by atoms with Gasteiger partial charge in [-0.05, 0) is 19.1 Å². The van der Waals surface area contributed by atoms with Crippen molar-refractivity contribution in [1.29, 1.82) is 0 Å². The number of halogens is 1. The number of carbonyl (C=O) groups excluding carboxylic acids is 1. The topological polar surface area (TPSA) is 64.1 Å². The van der Waals surface area contributed by atoms with Gasteiger partial charge in [0.2, 0.25) is 0 Å². The zero-order chi connectivity index (χ0) is 10.4. The first-order chi connectivity index (χ1) is 6.72. The van der Waals surface area contributed by atoms with Gasteiger partial charge in [0.25, 0.3) is 5.91 Å². The number of ether oxygens (including phenoxy) is 1. The van der Waals surface area contributed by atoms with E-state index in [1.165, 1.54) is 0 Å². The SMILES string of the molecule is CCOCC(=O)Nc1ccc(Cl)nn1. The molecule has 14 heavy (non-hydrogen) atoms. The molecular weight excluding hydrogens is 206 g/mol. The van der Waals surface area contributed by atoms with Gasteiger partial charge in [0, 0.05) is 6.61 Å². The highest BCUT2D eigenvalue weighted by Crippen LogP contribution is 2.05. The molecule has 5 nitrogen and oxygen atoms in total. The molecule has 1 N–H and O–H groups in total. The van der Waals surface area contributed by atoms with Crippen LogP contribution in [-0.2, 0) is 9.53 Å². The maximum atomic E-state index is 11.1. The lowest BCUT2D eigenvalue weighted by atomic mass is 10.5. The third kappa shape index (κ3) is 3.68. The van der Waals surface area contributed by atoms with E-state index in [0.717, 1.165) is 0 Å². The van der Waals surface area contributed by atoms with Gasteiger partial charge in [-0.25, -0.2) is 0 Å². The van der Waals surface area contributed by atoms with E-state index >= 15 is 0 Å². The Kier molecular flexibility index (Phi) is 4.28. The number of nitrogens with zero attached hydrogens (tertiary/aromatic N) is 2. The fourth-order valence-electron chi connectivity index (χ4n) is 0.756. The molecule has 1 aromatic rings. The Labute approximate surface area is 86.4 Å². The van der Waals surface area contributed by atoms with Crippen molar-refractivity contribution >= 4 is 23.3 Å². The smallest absolute Gasteiger partial charge is 0.251 e. The standard InChI is InChI=1S/C8H10ClN3O2/c1-2-14-5-8(13)10-7-4-3-6(9)11-12-7/h3-4H,2,5H2,1H3,(H,10,12,13). The second kappa shape index (κ2) is 5.51. The Morgan fingerprint density at radius 3 is 2.93 bits per heavy atom. The lowest BCUT2D eigenvalue weighted by Gasteiger charge is -2.02. The second-order valence-electron chi connectivity index (χ2n) is 2.43. The van der Waals surface area contributed by atoms with Crippen LogP contribution in [0.4, 0.5) is 5.82 Å². The van der Waals surface area contributed by atoms with Crippen molar-refractivity contribution in [1.82, 2.24) is 10.2 Å². The molecule has 1 heterocycles. The fraction of sp³-hybridized carbons (Fsp3) is 0.375. The van der Waals surface area contributed by atoms with Crippen LogP contribution in [0, 0.1) is 0 Å². The highest BCUT2D eigenvalue weighted by Gasteiger charge is 2.02. The molecule has 0 bridgehead atoms. The minimum atomic E-state index is -0.261. The summed E-state index contributed by atoms with van der Waals surface area (Å²) in [5.74, 6) is 0.0996. The van der Waals surface area contributed by atoms with Gasteiger partial charge in [-0.3, -0.25) is 4.79 Å². The van der Waals surface area contributed by atoms with Gasteiger partial charge in [0.1, 0.15) is 6.61 Å². The molecule has 0 spiro atoms. The van der Waals surface area contributed by atoms with Crippen LogP contribution in [0.5, 0.6) is 0 Å². The zero-order valence-corrected chi connectivity index (χ0v) is 8.41. The summed E-state index contributed by atoms with van der Waals surface area (Å²) in [5, 5.41) is 10.0. The van der Waals surface area contributed by atoms with Crippen LogP contribution in [0.1, 0.15) is 6.92 Å². The molecule has 0 radical (unpaired) electrons. The summed E-state index contributed by atoms with van der Waals surface area (Å²) in [4.78, 5) is 11.1. The second-order valence-corrected chi connectivity index (χ2v) is 2.81. The number of nitrogens with one attached hydrogen (secondary N) is 1. The Hall–Kier alpha value is -1.20. The summed E-state index contributed by atoms with van der Waals surface area (Å²) in [7, 11) is 0. The number of carbonyl (C=O) groups is 1. The van der Waals surface area contributed by atoms with Crippen LogP contribution in [0.2, 0.25) is 5.15 Å². The Bertz CT molecular complexity index is 302. The summed E-state index contributed by atoms with van der Waals surface area (Å²) in [6, 6.07) is 3.12. The van der Waals surface area contributed by atoms with Crippen molar-refractivity contribution in [3.8, 4) is 0 Å². The normalized spacial score (nSPS) is 9.86. The number of amides is 1. The van der Waals surface area contributed by atoms with Crippen molar-refractivity contribution in [3.63, 3.8) is 0 Å². The molecule has 0 aliphatic heterocycles. The van der Waals surface area contributed by atoms with E-state index in [4.69, 9.17) is 16.3 Å². The minimum Gasteiger partial charge on any atom is -0.372 e. The van der Waals surface area contributed by atoms with Crippen LogP contribution >= 0.6 is 11.6 Å². The summed E-state index contributed by atoms with van der Waals surface area (Å²) in [5.41, 5.74) is 0. The van der Waals surface area contributed by atoms with E-state index in [2.05, 4.69) is 15.5 Å². The monoisotopic (exact) mass is 215 g/mol. The first kappa shape index (κ1) is 10.9. The molecule has 0 aliphatic rings. The first-order valence-electron chi connectivity index (χ1n) is 4.09. The lowest BCUT2D eigenvalue weighted by molar-refractivity contribution is -0.120. The molecule has 0 aromatic carbocycles. The molecule has 76 valence electrons. The molecule has 0 atom stereocenters. The average molecular weight is 216 g/mol. The zero-order valence-electron chi connectivity index (χ0n) is 7.66. The minimum absolute atomic E-state index is 0.0147. The van der Waals surface area contributed by atoms with Crippen molar-refractivity contribution in [2.24, 2.45) is 0 Å². The summed E-state index contributed by atoms with van der Waals surface area (Å²) >= 11 is 5.52. The van der Waals surface area contributed by atoms with Crippen molar-refractivity contribution in [2.45, 2.75) is 6.92 Å². The van der Waals surface area contributed by atoms with Gasteiger partial charge in [0.15, 0.2) is 11.0 Å². The highest BCUT2D eigenvalue weighted by molar-refractivity contribution is 6.29. The molecule has 0 unspecified atom stereocenters. The molecule has 6 heteroatoms. The van der Waals surface area contributed by atoms with E-state index in [0.29, 0.717) is 12.4 Å². The number of anilines is 1. The highest BCUT2D eigenvalue weighted by atomic mass is 35.5. The molecule has 0 saturated carbocycles. The van der Waals surface area contributed by atoms with Gasteiger partial charge < -0.3 is 10.1 Å². The van der Waals surface area contributed by atoms with E-state index in [9.17, 15) is 4.79 Å². The average Bonchev–Trinajstić information content (AvgIpc) is 2.18. The van der Waals surface area contributed by atoms with Crippen molar-refractivity contribution in [2.75, 3.05) is 18.5 Å². The predicted molar refractivity (Wildman–Crippen MR) is 52.2 cm³/mol. The lowest BCUT2D eigenvalue weighted by Crippen LogP contribution is -2.19. The summed E-state index contributed by atoms with van der Waals surface area (Å²) in [6.45, 7) is 2.33. The Morgan fingerprint density at radius 1 is 1.57 bits per heavy atom. The summed E-state index contributed by atoms with van der Waals surface area (Å²) in [6.07, 6.45) is 0. The van der Waals surface area contributed by atoms with Crippen LogP contribution in [0.25, 0.3) is 0 Å². The predicted octanol–water partition coefficient (Wildman–Crippen LogP) is 1.10. The molecule has 0 saturated heterocycles. The molecular formula is C8H10ClN3O2. The molecule has 1 rings (SSSR count). The third-order valence-electron chi connectivity index (χ3n) is 1.34. The Morgan fingerprint density at radius 2 is 2.36 bits per heavy atom. The van der Waals surface area contributed by atoms with Gasteiger partial charge in [-0.2, -0.15) is 0 Å². The molecule has 0 aliphatic carbocycles. The molecule has 0 fully saturated rings. The van der Waals surface area contributed by atoms with Crippen LogP contribution < -0.4 is 5.32 Å². The van der Waals surface area contributed by atoms with E-state index < -0.39 is 0 Å². The Balaban J connectivity index is 2.44. The van der Waals surface area contributed by atoms with Crippen molar-refractivity contribution < 1.29 is 9.53 Å². The maximum absolute atomic E-state index is 11.1. The van der Waals surface area contributed by atoms with Crippen LogP contribution in [-0.4, -0.2) is 29.3 Å². The number of hydrogen-bond acceptors (Lipinski definition) is 4. The maximum Gasteiger partial charge on any atom is 0.251 e. The molecule has 1 amide bonds. The molecule has 1 aromatic heterocycles. The quantitative estimate of drug-likeness (QED) is 0.817. The number of rotatable bonds is 4. The van der Waals surface area contributed by atoms with Gasteiger partial charge in [0.05, 0.1) is 0 Å². The first-order valence-corrected chi connectivity index (χ1v) is 4.47. The number of aromatic nitrogens is 2. The van der Waals surface area contributed by atoms with Gasteiger partial charge >= 0.3 is 0 Å². The van der Waals surface area contributed by atoms with Gasteiger partial charge in [-0.1, -0.05) is 11.6 Å². The van der Waals surface area contributed by atoms with E-state index in [1.807, 2.05) is 6.92 Å². The largest absolute Gasteiger partial charge is 0.372 e. The van der Waals surface area contributed by atoms with Gasteiger partial charge in [-0.15, -0.1) is 10.2 Å².